The molecule has 0 aliphatic carbocycles. The van der Waals surface area contributed by atoms with E-state index in [9.17, 15) is 13.2 Å². The number of halogens is 1. The van der Waals surface area contributed by atoms with Crippen molar-refractivity contribution in [2.45, 2.75) is 4.90 Å². The van der Waals surface area contributed by atoms with Gasteiger partial charge >= 0.3 is 0 Å². The lowest BCUT2D eigenvalue weighted by Gasteiger charge is -1.98. The van der Waals surface area contributed by atoms with Crippen LogP contribution in [0.2, 0.25) is 0 Å². The zero-order valence-corrected chi connectivity index (χ0v) is 8.97. The number of fused-ring (bicyclic) bond motifs is 1. The highest BCUT2D eigenvalue weighted by Gasteiger charge is 2.10. The van der Waals surface area contributed by atoms with Crippen LogP contribution in [0.15, 0.2) is 40.2 Å². The molecule has 0 saturated heterocycles. The Morgan fingerprint density at radius 1 is 1.20 bits per heavy atom. The molecule has 1 aromatic carbocycles. The number of benzene rings is 1. The summed E-state index contributed by atoms with van der Waals surface area (Å²) in [6.07, 6.45) is 1.50. The highest BCUT2D eigenvalue weighted by atomic mass is 35.7. The monoisotopic (exact) mass is 243 g/mol. The molecule has 0 aliphatic heterocycles. The lowest BCUT2D eigenvalue weighted by Crippen LogP contribution is -2.05. The van der Waals surface area contributed by atoms with E-state index in [4.69, 9.17) is 10.7 Å². The number of nitrogens with one attached hydrogen (secondary N) is 1. The number of pyridine rings is 1. The van der Waals surface area contributed by atoms with E-state index in [0.717, 1.165) is 0 Å². The molecular formula is C9H6ClNO3S. The molecule has 1 aromatic heterocycles. The molecule has 4 nitrogen and oxygen atoms in total. The highest BCUT2D eigenvalue weighted by molar-refractivity contribution is 8.13. The Bertz CT molecular complexity index is 675. The Morgan fingerprint density at radius 3 is 2.60 bits per heavy atom. The molecule has 0 fully saturated rings. The second kappa shape index (κ2) is 3.36. The molecule has 1 heterocycles. The predicted molar refractivity (Wildman–Crippen MR) is 57.6 cm³/mol. The lowest BCUT2D eigenvalue weighted by atomic mass is 10.2. The van der Waals surface area contributed by atoms with Crippen LogP contribution in [-0.4, -0.2) is 13.4 Å². The first-order valence-corrected chi connectivity index (χ1v) is 6.35. The quantitative estimate of drug-likeness (QED) is 0.771. The van der Waals surface area contributed by atoms with Crippen LogP contribution in [-0.2, 0) is 9.05 Å². The molecule has 2 aromatic rings. The Morgan fingerprint density at radius 2 is 1.93 bits per heavy atom. The minimum atomic E-state index is -3.79. The first kappa shape index (κ1) is 10.2. The summed E-state index contributed by atoms with van der Waals surface area (Å²) in [4.78, 5) is 13.7. The molecule has 78 valence electrons. The number of H-pyrrole nitrogens is 1. The first-order valence-electron chi connectivity index (χ1n) is 4.04. The molecule has 0 aliphatic rings. The van der Waals surface area contributed by atoms with Crippen LogP contribution in [0.1, 0.15) is 0 Å². The Hall–Kier alpha value is -1.33. The van der Waals surface area contributed by atoms with Crippen molar-refractivity contribution in [3.63, 3.8) is 0 Å². The largest absolute Gasteiger partial charge is 0.329 e. The number of rotatable bonds is 1. The minimum Gasteiger partial charge on any atom is -0.329 e. The molecule has 0 spiro atoms. The zero-order chi connectivity index (χ0) is 11.1. The van der Waals surface area contributed by atoms with Gasteiger partial charge in [0, 0.05) is 22.3 Å². The summed E-state index contributed by atoms with van der Waals surface area (Å²) < 4.78 is 22.1. The average molecular weight is 244 g/mol. The van der Waals surface area contributed by atoms with Crippen LogP contribution in [0, 0.1) is 0 Å². The second-order valence-electron chi connectivity index (χ2n) is 2.99. The highest BCUT2D eigenvalue weighted by Crippen LogP contribution is 2.18. The number of aromatic nitrogens is 1. The summed E-state index contributed by atoms with van der Waals surface area (Å²) in [6.45, 7) is 0. The molecule has 0 atom stereocenters. The smallest absolute Gasteiger partial charge is 0.261 e. The standard InChI is InChI=1S/C9H6ClNO3S/c10-15(13,14)7-2-1-6-3-4-11-9(12)8(6)5-7/h1-5H,(H,11,12). The van der Waals surface area contributed by atoms with E-state index < -0.39 is 9.05 Å². The third-order valence-electron chi connectivity index (χ3n) is 2.03. The molecule has 0 amide bonds. The van der Waals surface area contributed by atoms with Crippen LogP contribution in [0.4, 0.5) is 0 Å². The molecule has 0 bridgehead atoms. The van der Waals surface area contributed by atoms with E-state index in [1.54, 1.807) is 12.1 Å². The van der Waals surface area contributed by atoms with Crippen molar-refractivity contribution < 1.29 is 8.42 Å². The van der Waals surface area contributed by atoms with Gasteiger partial charge in [-0.05, 0) is 23.6 Å². The fraction of sp³-hybridized carbons (Fsp3) is 0. The van der Waals surface area contributed by atoms with Gasteiger partial charge in [-0.2, -0.15) is 0 Å². The predicted octanol–water partition coefficient (Wildman–Crippen LogP) is 1.46. The summed E-state index contributed by atoms with van der Waals surface area (Å²) >= 11 is 0. The van der Waals surface area contributed by atoms with E-state index in [-0.39, 0.29) is 10.5 Å². The van der Waals surface area contributed by atoms with Crippen LogP contribution in [0.3, 0.4) is 0 Å². The third kappa shape index (κ3) is 1.88. The van der Waals surface area contributed by atoms with Gasteiger partial charge in [-0.15, -0.1) is 0 Å². The summed E-state index contributed by atoms with van der Waals surface area (Å²) in [7, 11) is 1.38. The molecule has 2 rings (SSSR count). The van der Waals surface area contributed by atoms with E-state index in [0.29, 0.717) is 10.8 Å². The van der Waals surface area contributed by atoms with Crippen molar-refractivity contribution in [2.24, 2.45) is 0 Å². The lowest BCUT2D eigenvalue weighted by molar-refractivity contribution is 0.609. The topological polar surface area (TPSA) is 67.0 Å². The van der Waals surface area contributed by atoms with Gasteiger partial charge < -0.3 is 4.98 Å². The van der Waals surface area contributed by atoms with Crippen molar-refractivity contribution >= 4 is 30.5 Å². The number of hydrogen-bond acceptors (Lipinski definition) is 3. The average Bonchev–Trinajstić information content (AvgIpc) is 2.16. The van der Waals surface area contributed by atoms with E-state index in [1.807, 2.05) is 0 Å². The molecule has 0 radical (unpaired) electrons. The number of hydrogen-bond donors (Lipinski definition) is 1. The summed E-state index contributed by atoms with van der Waals surface area (Å²) in [5.74, 6) is 0. The van der Waals surface area contributed by atoms with E-state index in [2.05, 4.69) is 4.98 Å². The van der Waals surface area contributed by atoms with Crippen LogP contribution < -0.4 is 5.56 Å². The normalized spacial score (nSPS) is 11.8. The van der Waals surface area contributed by atoms with Gasteiger partial charge in [0.1, 0.15) is 0 Å². The summed E-state index contributed by atoms with van der Waals surface area (Å²) in [5.41, 5.74) is -0.338. The zero-order valence-electron chi connectivity index (χ0n) is 7.40. The SMILES string of the molecule is O=c1[nH]ccc2ccc(S(=O)(=O)Cl)cc12. The van der Waals surface area contributed by atoms with Gasteiger partial charge in [0.25, 0.3) is 14.6 Å². The van der Waals surface area contributed by atoms with Crippen molar-refractivity contribution in [1.82, 2.24) is 4.98 Å². The fourth-order valence-electron chi connectivity index (χ4n) is 1.31. The molecule has 1 N–H and O–H groups in total. The van der Waals surface area contributed by atoms with Gasteiger partial charge in [0.05, 0.1) is 4.90 Å². The first-order chi connectivity index (χ1) is 6.98. The van der Waals surface area contributed by atoms with Crippen LogP contribution in [0.25, 0.3) is 10.8 Å². The minimum absolute atomic E-state index is 0.0756. The molecule has 0 saturated carbocycles. The van der Waals surface area contributed by atoms with Crippen LogP contribution >= 0.6 is 10.7 Å². The van der Waals surface area contributed by atoms with Gasteiger partial charge in [-0.1, -0.05) is 6.07 Å². The summed E-state index contributed by atoms with van der Waals surface area (Å²) in [5, 5.41) is 0.974. The molecular weight excluding hydrogens is 238 g/mol. The molecule has 6 heteroatoms. The summed E-state index contributed by atoms with van der Waals surface area (Å²) in [6, 6.07) is 5.85. The number of aromatic amines is 1. The van der Waals surface area contributed by atoms with Gasteiger partial charge in [0.2, 0.25) is 0 Å². The maximum Gasteiger partial charge on any atom is 0.261 e. The van der Waals surface area contributed by atoms with Crippen LogP contribution in [0.5, 0.6) is 0 Å². The van der Waals surface area contributed by atoms with E-state index >= 15 is 0 Å². The maximum absolute atomic E-state index is 11.4. The fourth-order valence-corrected chi connectivity index (χ4v) is 2.09. The Balaban J connectivity index is 2.88. The van der Waals surface area contributed by atoms with Gasteiger partial charge in [-0.3, -0.25) is 4.79 Å². The van der Waals surface area contributed by atoms with Crippen molar-refractivity contribution in [3.8, 4) is 0 Å². The van der Waals surface area contributed by atoms with Crippen molar-refractivity contribution in [2.75, 3.05) is 0 Å². The Labute approximate surface area is 89.9 Å². The molecule has 0 unspecified atom stereocenters. The van der Waals surface area contributed by atoms with Crippen molar-refractivity contribution in [3.05, 3.63) is 40.8 Å². The van der Waals surface area contributed by atoms with Crippen molar-refractivity contribution in [1.29, 1.82) is 0 Å². The second-order valence-corrected chi connectivity index (χ2v) is 5.56. The molecule has 15 heavy (non-hydrogen) atoms. The van der Waals surface area contributed by atoms with Gasteiger partial charge in [-0.25, -0.2) is 8.42 Å². The maximum atomic E-state index is 11.4. The third-order valence-corrected chi connectivity index (χ3v) is 3.38. The Kier molecular flexibility index (Phi) is 2.28. The van der Waals surface area contributed by atoms with Gasteiger partial charge in [0.15, 0.2) is 0 Å². The van der Waals surface area contributed by atoms with E-state index in [1.165, 1.54) is 18.3 Å².